The van der Waals surface area contributed by atoms with E-state index in [1.807, 2.05) is 36.4 Å². The van der Waals surface area contributed by atoms with E-state index in [0.717, 1.165) is 34.6 Å². The van der Waals surface area contributed by atoms with E-state index >= 15 is 8.78 Å². The molecular weight excluding hydrogens is 832 g/mol. The molecule has 3 fully saturated rings. The lowest BCUT2D eigenvalue weighted by molar-refractivity contribution is -0.139. The summed E-state index contributed by atoms with van der Waals surface area (Å²) in [5.74, 6) is -1.05. The lowest BCUT2D eigenvalue weighted by Crippen LogP contribution is -2.51. The lowest BCUT2D eigenvalue weighted by atomic mass is 10.0. The van der Waals surface area contributed by atoms with E-state index in [1.54, 1.807) is 39.8 Å². The molecule has 5 aromatic rings. The maximum Gasteiger partial charge on any atom is 0.407 e. The molecule has 8 atom stereocenters. The first-order valence-electron chi connectivity index (χ1n) is 21.7. The monoisotopic (exact) mass is 885 g/mol. The number of nitrogens with one attached hydrogen (secondary N) is 3. The summed E-state index contributed by atoms with van der Waals surface area (Å²) in [6, 6.07) is 14.5. The van der Waals surface area contributed by atoms with Crippen molar-refractivity contribution in [1.29, 1.82) is 0 Å². The van der Waals surface area contributed by atoms with Crippen molar-refractivity contribution in [3.05, 3.63) is 89.3 Å². The molecule has 3 saturated heterocycles. The third-order valence-electron chi connectivity index (χ3n) is 13.0. The third-order valence-corrected chi connectivity index (χ3v) is 13.0. The highest BCUT2D eigenvalue weighted by Gasteiger charge is 2.44. The van der Waals surface area contributed by atoms with Gasteiger partial charge in [-0.2, -0.15) is 0 Å². The number of alkyl halides is 2. The second-order valence-electron chi connectivity index (χ2n) is 17.9. The molecule has 3 aliphatic heterocycles. The molecule has 0 unspecified atom stereocenters. The number of carbonyl (C=O) groups excluding carboxylic acids is 3. The van der Waals surface area contributed by atoms with Gasteiger partial charge in [0.2, 0.25) is 11.8 Å². The number of carboxylic acid groups (broad SMARTS) is 1. The zero-order chi connectivity index (χ0) is 45.7. The number of anilines is 1. The van der Waals surface area contributed by atoms with Crippen molar-refractivity contribution >= 4 is 51.8 Å². The number of rotatable bonds is 11. The van der Waals surface area contributed by atoms with Crippen LogP contribution in [-0.4, -0.2) is 115 Å². The first kappa shape index (κ1) is 44.3. The van der Waals surface area contributed by atoms with Crippen LogP contribution in [0.15, 0.2) is 60.7 Å². The fourth-order valence-corrected chi connectivity index (χ4v) is 9.90. The molecular formula is C46H54F3N9O6. The van der Waals surface area contributed by atoms with E-state index in [1.165, 1.54) is 36.1 Å². The van der Waals surface area contributed by atoms with E-state index in [2.05, 4.69) is 20.2 Å². The van der Waals surface area contributed by atoms with Crippen LogP contribution in [0.1, 0.15) is 100 Å². The van der Waals surface area contributed by atoms with Gasteiger partial charge in [0.15, 0.2) is 0 Å². The van der Waals surface area contributed by atoms with Gasteiger partial charge in [0.25, 0.3) is 0 Å². The van der Waals surface area contributed by atoms with Crippen LogP contribution in [0.4, 0.5) is 28.4 Å². The molecule has 0 bridgehead atoms. The number of aromatic amines is 2. The minimum absolute atomic E-state index is 0.0192. The minimum atomic E-state index is -1.31. The molecule has 5 heterocycles. The maximum absolute atomic E-state index is 15.1. The van der Waals surface area contributed by atoms with Gasteiger partial charge in [-0.1, -0.05) is 39.8 Å². The van der Waals surface area contributed by atoms with Crippen LogP contribution in [0, 0.1) is 17.7 Å². The molecule has 4 N–H and O–H groups in total. The molecule has 0 radical (unpaired) electrons. The second kappa shape index (κ2) is 17.7. The average molecular weight is 886 g/mol. The van der Waals surface area contributed by atoms with E-state index in [4.69, 9.17) is 14.7 Å². The molecule has 0 spiro atoms. The number of halogens is 3. The highest BCUT2D eigenvalue weighted by molar-refractivity contribution is 5.87. The van der Waals surface area contributed by atoms with Crippen molar-refractivity contribution in [3.63, 3.8) is 0 Å². The standard InChI is InChI=1S/C46H54F3N9O6/c1-23(2)39(54-45(61)64-6)43(59)56-21-28(48)19-37(56)41-50-31-13-7-25(17-33(31)52-41)35-15-16-36(58(35)30-11-9-27(47)10-12-30)26-8-14-32-34(18-26)53-42(51-32)38-20-29(49)22-57(38)44(60)40(24(3)4)55(5)46(62)63/h7-14,17-18,23-24,28-29,35-40H,15-16,19-22H2,1-6H3,(H,50,52)(H,51,53)(H,54,61)(H,62,63)/t28-,29-,35+,36+,37-,38-,39-,40-/m0/s1. The van der Waals surface area contributed by atoms with Gasteiger partial charge in [-0.05, 0) is 84.3 Å². The Bertz CT molecular complexity index is 2550. The zero-order valence-corrected chi connectivity index (χ0v) is 36.6. The molecule has 340 valence electrons. The summed E-state index contributed by atoms with van der Waals surface area (Å²) in [7, 11) is 2.56. The van der Waals surface area contributed by atoms with Gasteiger partial charge in [-0.3, -0.25) is 14.5 Å². The van der Waals surface area contributed by atoms with Crippen molar-refractivity contribution in [2.75, 3.05) is 32.1 Å². The Morgan fingerprint density at radius 1 is 0.766 bits per heavy atom. The zero-order valence-electron chi connectivity index (χ0n) is 36.6. The van der Waals surface area contributed by atoms with Crippen molar-refractivity contribution in [2.24, 2.45) is 11.8 Å². The summed E-state index contributed by atoms with van der Waals surface area (Å²) < 4.78 is 49.3. The smallest absolute Gasteiger partial charge is 0.407 e. The fourth-order valence-electron chi connectivity index (χ4n) is 9.90. The Morgan fingerprint density at radius 3 is 1.72 bits per heavy atom. The maximum atomic E-state index is 15.1. The number of hydrogen-bond donors (Lipinski definition) is 4. The number of nitrogens with zero attached hydrogens (tertiary/aromatic N) is 6. The number of amides is 4. The first-order chi connectivity index (χ1) is 30.5. The number of methoxy groups -OCH3 is 1. The van der Waals surface area contributed by atoms with Crippen LogP contribution in [0.5, 0.6) is 0 Å². The topological polar surface area (TPSA) is 180 Å². The SMILES string of the molecule is COC(=O)N[C@H](C(=O)N1C[C@@H](F)C[C@H]1c1nc2ccc([C@H]3CC[C@H](c4ccc5nc([C@@H]6C[C@H](F)CN6C(=O)[C@H](C(C)C)N(C)C(=O)O)[nH]c5c4)N3c3ccc(F)cc3)cc2[nH]1)C(C)C. The van der Waals surface area contributed by atoms with Crippen LogP contribution in [0.3, 0.4) is 0 Å². The third kappa shape index (κ3) is 8.41. The number of aromatic nitrogens is 4. The van der Waals surface area contributed by atoms with Crippen molar-refractivity contribution in [3.8, 4) is 0 Å². The number of likely N-dealkylation sites (N-methyl/N-ethyl adjacent to an activating group) is 1. The summed E-state index contributed by atoms with van der Waals surface area (Å²) >= 11 is 0. The number of imidazole rings is 2. The van der Waals surface area contributed by atoms with Crippen molar-refractivity contribution in [2.45, 2.75) is 102 Å². The largest absolute Gasteiger partial charge is 0.465 e. The van der Waals surface area contributed by atoms with Gasteiger partial charge in [-0.15, -0.1) is 0 Å². The summed E-state index contributed by atoms with van der Waals surface area (Å²) in [6.45, 7) is 6.79. The molecule has 2 aromatic heterocycles. The highest BCUT2D eigenvalue weighted by Crippen LogP contribution is 2.48. The predicted molar refractivity (Wildman–Crippen MR) is 232 cm³/mol. The number of hydrogen-bond acceptors (Lipinski definition) is 8. The Kier molecular flexibility index (Phi) is 12.2. The molecule has 64 heavy (non-hydrogen) atoms. The van der Waals surface area contributed by atoms with Gasteiger partial charge in [0.1, 0.15) is 41.9 Å². The number of H-pyrrole nitrogens is 2. The fraction of sp³-hybridized carbons (Fsp3) is 0.478. The van der Waals surface area contributed by atoms with Gasteiger partial charge in [-0.25, -0.2) is 32.7 Å². The van der Waals surface area contributed by atoms with E-state index in [-0.39, 0.29) is 55.7 Å². The normalized spacial score (nSPS) is 23.4. The second-order valence-corrected chi connectivity index (χ2v) is 17.9. The molecule has 4 amide bonds. The lowest BCUT2D eigenvalue weighted by Gasteiger charge is -2.33. The van der Waals surface area contributed by atoms with Crippen molar-refractivity contribution in [1.82, 2.24) is 40.0 Å². The average Bonchev–Trinajstić information content (AvgIpc) is 4.11. The molecule has 8 rings (SSSR count). The Morgan fingerprint density at radius 2 is 1.27 bits per heavy atom. The van der Waals surface area contributed by atoms with Crippen LogP contribution < -0.4 is 10.2 Å². The number of carbonyl (C=O) groups is 4. The minimum Gasteiger partial charge on any atom is -0.465 e. The summed E-state index contributed by atoms with van der Waals surface area (Å²) in [4.78, 5) is 74.0. The molecule has 0 saturated carbocycles. The Labute approximate surface area is 368 Å². The van der Waals surface area contributed by atoms with Crippen LogP contribution >= 0.6 is 0 Å². The molecule has 18 heteroatoms. The molecule has 0 aliphatic carbocycles. The first-order valence-corrected chi connectivity index (χ1v) is 21.7. The number of benzene rings is 3. The van der Waals surface area contributed by atoms with E-state index in [0.29, 0.717) is 33.7 Å². The molecule has 15 nitrogen and oxygen atoms in total. The van der Waals surface area contributed by atoms with Crippen LogP contribution in [-0.2, 0) is 14.3 Å². The van der Waals surface area contributed by atoms with Gasteiger partial charge in [0, 0.05) is 25.6 Å². The van der Waals surface area contributed by atoms with E-state index < -0.39 is 60.5 Å². The number of alkyl carbamates (subject to hydrolysis) is 1. The summed E-state index contributed by atoms with van der Waals surface area (Å²) in [6.07, 6.45) is -3.06. The van der Waals surface area contributed by atoms with Gasteiger partial charge >= 0.3 is 12.2 Å². The quantitative estimate of drug-likeness (QED) is 0.103. The highest BCUT2D eigenvalue weighted by atomic mass is 19.1. The number of ether oxygens (including phenoxy) is 1. The Balaban J connectivity index is 1.08. The molecule has 3 aliphatic rings. The van der Waals surface area contributed by atoms with Gasteiger partial charge in [0.05, 0.1) is 66.4 Å². The number of likely N-dealkylation sites (tertiary alicyclic amines) is 2. The van der Waals surface area contributed by atoms with Crippen LogP contribution in [0.25, 0.3) is 22.1 Å². The predicted octanol–water partition coefficient (Wildman–Crippen LogP) is 7.90. The summed E-state index contributed by atoms with van der Waals surface area (Å²) in [5.41, 5.74) is 5.38. The van der Waals surface area contributed by atoms with E-state index in [9.17, 15) is 28.7 Å². The van der Waals surface area contributed by atoms with Gasteiger partial charge < -0.3 is 39.8 Å². The van der Waals surface area contributed by atoms with Crippen molar-refractivity contribution < 1.29 is 42.2 Å². The molecule has 3 aromatic carbocycles. The Hall–Kier alpha value is -6.33. The van der Waals surface area contributed by atoms with Crippen LogP contribution in [0.2, 0.25) is 0 Å². The summed E-state index contributed by atoms with van der Waals surface area (Å²) in [5, 5.41) is 12.3. The number of fused-ring (bicyclic) bond motifs is 2.